The van der Waals surface area contributed by atoms with Gasteiger partial charge in [0, 0.05) is 36.1 Å². The average molecular weight is 443 g/mol. The average Bonchev–Trinajstić information content (AvgIpc) is 3.32. The molecule has 0 atom stereocenters. The molecule has 1 saturated carbocycles. The van der Waals surface area contributed by atoms with Crippen LogP contribution in [0.1, 0.15) is 31.7 Å². The van der Waals surface area contributed by atoms with Gasteiger partial charge >= 0.3 is 0 Å². The summed E-state index contributed by atoms with van der Waals surface area (Å²) in [7, 11) is -3.04. The van der Waals surface area contributed by atoms with Crippen molar-refractivity contribution in [2.24, 2.45) is 4.99 Å². The van der Waals surface area contributed by atoms with Crippen LogP contribution in [0, 0.1) is 0 Å². The van der Waals surface area contributed by atoms with Crippen LogP contribution in [0.4, 0.5) is 0 Å². The normalized spacial score (nSPS) is 21.5. The smallest absolute Gasteiger partial charge is 0.214 e. The van der Waals surface area contributed by atoms with Gasteiger partial charge in [0.1, 0.15) is 0 Å². The summed E-state index contributed by atoms with van der Waals surface area (Å²) >= 11 is 3.66. The summed E-state index contributed by atoms with van der Waals surface area (Å²) in [6.07, 6.45) is 3.01. The lowest BCUT2D eigenvalue weighted by atomic mass is 9.96. The predicted octanol–water partition coefficient (Wildman–Crippen LogP) is 2.07. The third kappa shape index (κ3) is 4.58. The summed E-state index contributed by atoms with van der Waals surface area (Å²) in [6.45, 7) is 5.21. The molecule has 6 nitrogen and oxygen atoms in total. The quantitative estimate of drug-likeness (QED) is 0.500. The van der Waals surface area contributed by atoms with E-state index < -0.39 is 10.0 Å². The van der Waals surface area contributed by atoms with Crippen molar-refractivity contribution in [2.75, 3.05) is 38.5 Å². The zero-order valence-corrected chi connectivity index (χ0v) is 17.6. The van der Waals surface area contributed by atoms with Crippen molar-refractivity contribution in [1.29, 1.82) is 0 Å². The molecule has 1 heterocycles. The van der Waals surface area contributed by atoms with E-state index in [1.54, 1.807) is 4.31 Å². The molecule has 1 aromatic carbocycles. The van der Waals surface area contributed by atoms with Crippen molar-refractivity contribution in [3.8, 4) is 0 Å². The van der Waals surface area contributed by atoms with Crippen LogP contribution < -0.4 is 10.6 Å². The fourth-order valence-electron chi connectivity index (χ4n) is 3.37. The molecular weight excluding hydrogens is 416 g/mol. The molecule has 0 amide bonds. The monoisotopic (exact) mass is 442 g/mol. The van der Waals surface area contributed by atoms with Gasteiger partial charge in [0.15, 0.2) is 5.96 Å². The van der Waals surface area contributed by atoms with Crippen LogP contribution >= 0.6 is 15.9 Å². The molecule has 0 unspecified atom stereocenters. The largest absolute Gasteiger partial charge is 0.357 e. The first-order valence-electron chi connectivity index (χ1n) is 9.22. The van der Waals surface area contributed by atoms with Crippen molar-refractivity contribution >= 4 is 31.9 Å². The zero-order chi connectivity index (χ0) is 18.6. The number of aliphatic imine (C=N–C) groups is 1. The van der Waals surface area contributed by atoms with Gasteiger partial charge in [-0.15, -0.1) is 0 Å². The van der Waals surface area contributed by atoms with E-state index in [1.165, 1.54) is 5.56 Å². The lowest BCUT2D eigenvalue weighted by Crippen LogP contribution is -2.42. The molecule has 1 aliphatic carbocycles. The van der Waals surface area contributed by atoms with Crippen LogP contribution in [0.2, 0.25) is 0 Å². The number of halogens is 1. The molecule has 26 heavy (non-hydrogen) atoms. The van der Waals surface area contributed by atoms with Gasteiger partial charge in [-0.1, -0.05) is 34.1 Å². The number of benzene rings is 1. The Morgan fingerprint density at radius 3 is 2.69 bits per heavy atom. The van der Waals surface area contributed by atoms with Crippen molar-refractivity contribution < 1.29 is 8.42 Å². The number of sulfonamides is 1. The van der Waals surface area contributed by atoms with Gasteiger partial charge < -0.3 is 10.6 Å². The van der Waals surface area contributed by atoms with E-state index in [0.717, 1.165) is 42.8 Å². The molecule has 3 rings (SSSR count). The van der Waals surface area contributed by atoms with Crippen LogP contribution in [-0.4, -0.2) is 57.2 Å². The number of hydrogen-bond acceptors (Lipinski definition) is 3. The molecule has 2 N–H and O–H groups in total. The second kappa shape index (κ2) is 8.27. The van der Waals surface area contributed by atoms with Gasteiger partial charge in [-0.05, 0) is 37.8 Å². The maximum absolute atomic E-state index is 11.9. The van der Waals surface area contributed by atoms with E-state index in [9.17, 15) is 8.42 Å². The molecule has 0 aromatic heterocycles. The maximum atomic E-state index is 11.9. The number of nitrogens with zero attached hydrogens (tertiary/aromatic N) is 2. The molecule has 0 radical (unpaired) electrons. The Bertz CT molecular complexity index is 762. The molecule has 8 heteroatoms. The van der Waals surface area contributed by atoms with E-state index in [2.05, 4.69) is 44.8 Å². The molecule has 1 aromatic rings. The van der Waals surface area contributed by atoms with E-state index in [1.807, 2.05) is 13.0 Å². The summed E-state index contributed by atoms with van der Waals surface area (Å²) in [5, 5.41) is 6.53. The van der Waals surface area contributed by atoms with Crippen LogP contribution in [0.3, 0.4) is 0 Å². The van der Waals surface area contributed by atoms with Gasteiger partial charge in [0.2, 0.25) is 10.0 Å². The summed E-state index contributed by atoms with van der Waals surface area (Å²) in [5.74, 6) is 1.03. The van der Waals surface area contributed by atoms with Crippen LogP contribution in [0.5, 0.6) is 0 Å². The number of nitrogens with one attached hydrogen (secondary N) is 2. The van der Waals surface area contributed by atoms with E-state index >= 15 is 0 Å². The Kier molecular flexibility index (Phi) is 6.25. The minimum atomic E-state index is -3.04. The second-order valence-electron chi connectivity index (χ2n) is 6.95. The highest BCUT2D eigenvalue weighted by Crippen LogP contribution is 2.50. The van der Waals surface area contributed by atoms with Crippen LogP contribution in [0.25, 0.3) is 0 Å². The van der Waals surface area contributed by atoms with Crippen molar-refractivity contribution in [3.63, 3.8) is 0 Å². The number of hydrogen-bond donors (Lipinski definition) is 2. The molecule has 1 aliphatic heterocycles. The van der Waals surface area contributed by atoms with Crippen molar-refractivity contribution in [3.05, 3.63) is 34.3 Å². The Hall–Kier alpha value is -1.12. The minimum absolute atomic E-state index is 0.126. The van der Waals surface area contributed by atoms with Gasteiger partial charge in [0.05, 0.1) is 12.3 Å². The van der Waals surface area contributed by atoms with Gasteiger partial charge in [0.25, 0.3) is 0 Å². The van der Waals surface area contributed by atoms with Crippen LogP contribution in [-0.2, 0) is 15.4 Å². The van der Waals surface area contributed by atoms with Gasteiger partial charge in [-0.25, -0.2) is 12.7 Å². The Morgan fingerprint density at radius 2 is 2.08 bits per heavy atom. The molecule has 0 spiro atoms. The highest BCUT2D eigenvalue weighted by Gasteiger charge is 2.45. The molecular formula is C18H27BrN4O2S. The lowest BCUT2D eigenvalue weighted by molar-refractivity contribution is 0.445. The Balaban J connectivity index is 1.58. The zero-order valence-electron chi connectivity index (χ0n) is 15.2. The molecule has 144 valence electrons. The summed E-state index contributed by atoms with van der Waals surface area (Å²) in [5.41, 5.74) is 1.45. The highest BCUT2D eigenvalue weighted by atomic mass is 79.9. The predicted molar refractivity (Wildman–Crippen MR) is 109 cm³/mol. The summed E-state index contributed by atoms with van der Waals surface area (Å²) < 4.78 is 26.4. The third-order valence-electron chi connectivity index (χ3n) is 5.04. The van der Waals surface area contributed by atoms with E-state index in [4.69, 9.17) is 4.99 Å². The molecule has 1 saturated heterocycles. The minimum Gasteiger partial charge on any atom is -0.357 e. The first-order chi connectivity index (χ1) is 12.5. The van der Waals surface area contributed by atoms with Gasteiger partial charge in [-0.3, -0.25) is 4.99 Å². The van der Waals surface area contributed by atoms with Crippen molar-refractivity contribution in [1.82, 2.24) is 14.9 Å². The van der Waals surface area contributed by atoms with Gasteiger partial charge in [-0.2, -0.15) is 0 Å². The summed E-state index contributed by atoms with van der Waals surface area (Å²) in [6, 6.07) is 8.36. The fourth-order valence-corrected chi connectivity index (χ4v) is 5.60. The molecule has 0 bridgehead atoms. The molecule has 2 fully saturated rings. The number of guanidine groups is 1. The molecule has 2 aliphatic rings. The number of rotatable bonds is 7. The maximum Gasteiger partial charge on any atom is 0.214 e. The standard InChI is InChI=1S/C18H27BrN4O2S/c1-2-20-17(21-10-12-23-11-5-13-26(23,24)25)22-14-18(8-9-18)15-6-3-4-7-16(15)19/h3-4,6-7H,2,5,8-14H2,1H3,(H2,20,21,22). The van der Waals surface area contributed by atoms with E-state index in [-0.39, 0.29) is 11.2 Å². The first-order valence-corrected chi connectivity index (χ1v) is 11.6. The summed E-state index contributed by atoms with van der Waals surface area (Å²) in [4.78, 5) is 4.77. The third-order valence-corrected chi connectivity index (χ3v) is 7.69. The second-order valence-corrected chi connectivity index (χ2v) is 9.89. The SMILES string of the molecule is CCNC(=NCC1(c2ccccc2Br)CC1)NCCN1CCCS1(=O)=O. The Labute approximate surface area is 164 Å². The van der Waals surface area contributed by atoms with Crippen molar-refractivity contribution in [2.45, 2.75) is 31.6 Å². The van der Waals surface area contributed by atoms with E-state index in [0.29, 0.717) is 19.6 Å². The fraction of sp³-hybridized carbons (Fsp3) is 0.611. The Morgan fingerprint density at radius 1 is 1.31 bits per heavy atom. The topological polar surface area (TPSA) is 73.8 Å². The first kappa shape index (κ1) is 19.6. The lowest BCUT2D eigenvalue weighted by Gasteiger charge is -2.18. The highest BCUT2D eigenvalue weighted by molar-refractivity contribution is 9.10. The van der Waals surface area contributed by atoms with Crippen LogP contribution in [0.15, 0.2) is 33.7 Å².